The monoisotopic (exact) mass is 471 g/mol. The number of rotatable bonds is 5. The Hall–Kier alpha value is -3.03. The van der Waals surface area contributed by atoms with E-state index < -0.39 is 17.5 Å². The van der Waals surface area contributed by atoms with Gasteiger partial charge in [0, 0.05) is 42.1 Å². The number of fused-ring (bicyclic) bond motifs is 1. The van der Waals surface area contributed by atoms with Crippen LogP contribution in [-0.4, -0.2) is 47.3 Å². The quantitative estimate of drug-likeness (QED) is 0.522. The molecule has 1 saturated heterocycles. The third kappa shape index (κ3) is 4.56. The second kappa shape index (κ2) is 9.45. The summed E-state index contributed by atoms with van der Waals surface area (Å²) in [4.78, 5) is 27.4. The van der Waals surface area contributed by atoms with Crippen molar-refractivity contribution in [2.24, 2.45) is 0 Å². The Morgan fingerprint density at radius 3 is 2.73 bits per heavy atom. The minimum Gasteiger partial charge on any atom is -0.507 e. The fraction of sp³-hybridized carbons (Fsp3) is 0.360. The molecule has 0 aliphatic carbocycles. The Morgan fingerprint density at radius 2 is 2.00 bits per heavy atom. The Labute approximate surface area is 196 Å². The van der Waals surface area contributed by atoms with Gasteiger partial charge in [-0.05, 0) is 38.6 Å². The summed E-state index contributed by atoms with van der Waals surface area (Å²) in [7, 11) is 1.93. The predicted octanol–water partition coefficient (Wildman–Crippen LogP) is 4.66. The number of esters is 1. The van der Waals surface area contributed by atoms with Crippen LogP contribution in [0.5, 0.6) is 11.5 Å². The average molecular weight is 472 g/mol. The highest BCUT2D eigenvalue weighted by Crippen LogP contribution is 2.43. The molecule has 2 N–H and O–H groups in total. The van der Waals surface area contributed by atoms with Crippen LogP contribution in [-0.2, 0) is 9.53 Å². The molecule has 3 aromatic rings. The van der Waals surface area contributed by atoms with Gasteiger partial charge in [-0.2, -0.15) is 0 Å². The molecule has 2 aromatic carbocycles. The number of likely N-dealkylation sites (tertiary alicyclic amines) is 1. The fourth-order valence-corrected chi connectivity index (χ4v) is 4.66. The largest absolute Gasteiger partial charge is 0.507 e. The first-order valence-electron chi connectivity index (χ1n) is 11.0. The van der Waals surface area contributed by atoms with Crippen LogP contribution in [0.25, 0.3) is 22.3 Å². The second-order valence-corrected chi connectivity index (χ2v) is 8.83. The van der Waals surface area contributed by atoms with Gasteiger partial charge in [0.05, 0.1) is 5.02 Å². The van der Waals surface area contributed by atoms with Crippen LogP contribution in [0.2, 0.25) is 5.02 Å². The number of benzene rings is 2. The Kier molecular flexibility index (Phi) is 6.63. The molecule has 0 amide bonds. The number of likely N-dealkylation sites (N-methyl/N-ethyl adjacent to an activating group) is 1. The molecule has 0 spiro atoms. The molecular formula is C25H26ClNO6. The smallest absolute Gasteiger partial charge is 0.306 e. The van der Waals surface area contributed by atoms with Crippen molar-refractivity contribution in [1.82, 2.24) is 4.90 Å². The molecule has 1 aliphatic heterocycles. The van der Waals surface area contributed by atoms with Crippen LogP contribution >= 0.6 is 11.6 Å². The number of carbonyl (C=O) groups excluding carboxylic acids is 1. The molecule has 1 aromatic heterocycles. The molecule has 1 fully saturated rings. The molecule has 8 heteroatoms. The van der Waals surface area contributed by atoms with Crippen molar-refractivity contribution in [1.29, 1.82) is 0 Å². The van der Waals surface area contributed by atoms with E-state index in [1.807, 2.05) is 18.9 Å². The van der Waals surface area contributed by atoms with E-state index in [0.717, 1.165) is 6.07 Å². The number of nitrogens with zero attached hydrogens (tertiary/aromatic N) is 1. The normalized spacial score (nSPS) is 19.0. The number of halogens is 1. The Balaban J connectivity index is 1.91. The van der Waals surface area contributed by atoms with Gasteiger partial charge in [0.2, 0.25) is 0 Å². The molecule has 0 saturated carbocycles. The van der Waals surface area contributed by atoms with Crippen LogP contribution < -0.4 is 5.43 Å². The molecule has 0 unspecified atom stereocenters. The van der Waals surface area contributed by atoms with Crippen molar-refractivity contribution >= 4 is 28.5 Å². The van der Waals surface area contributed by atoms with Crippen LogP contribution in [0, 0.1) is 0 Å². The van der Waals surface area contributed by atoms with Crippen LogP contribution in [0.15, 0.2) is 45.6 Å². The summed E-state index contributed by atoms with van der Waals surface area (Å²) >= 11 is 6.32. The van der Waals surface area contributed by atoms with Crippen molar-refractivity contribution in [3.63, 3.8) is 0 Å². The first-order chi connectivity index (χ1) is 15.8. The van der Waals surface area contributed by atoms with Crippen molar-refractivity contribution in [2.45, 2.75) is 38.2 Å². The fourth-order valence-electron chi connectivity index (χ4n) is 4.43. The average Bonchev–Trinajstić information content (AvgIpc) is 2.75. The number of piperidine rings is 1. The third-order valence-electron chi connectivity index (χ3n) is 6.01. The van der Waals surface area contributed by atoms with Gasteiger partial charge in [0.25, 0.3) is 0 Å². The lowest BCUT2D eigenvalue weighted by atomic mass is 9.85. The highest BCUT2D eigenvalue weighted by molar-refractivity contribution is 6.33. The predicted molar refractivity (Wildman–Crippen MR) is 126 cm³/mol. The summed E-state index contributed by atoms with van der Waals surface area (Å²) in [5, 5.41) is 21.7. The molecule has 2 atom stereocenters. The van der Waals surface area contributed by atoms with E-state index in [-0.39, 0.29) is 34.2 Å². The first kappa shape index (κ1) is 23.1. The zero-order valence-electron chi connectivity index (χ0n) is 18.5. The molecule has 7 nitrogen and oxygen atoms in total. The molecular weight excluding hydrogens is 446 g/mol. The number of aromatic hydroxyl groups is 2. The van der Waals surface area contributed by atoms with Gasteiger partial charge in [0.1, 0.15) is 34.3 Å². The van der Waals surface area contributed by atoms with Gasteiger partial charge in [-0.25, -0.2) is 0 Å². The molecule has 0 bridgehead atoms. The molecule has 2 heterocycles. The van der Waals surface area contributed by atoms with Gasteiger partial charge in [-0.1, -0.05) is 30.7 Å². The lowest BCUT2D eigenvalue weighted by molar-refractivity contribution is -0.152. The van der Waals surface area contributed by atoms with Crippen molar-refractivity contribution in [3.8, 4) is 22.8 Å². The van der Waals surface area contributed by atoms with Gasteiger partial charge in [-0.15, -0.1) is 0 Å². The molecule has 174 valence electrons. The van der Waals surface area contributed by atoms with E-state index >= 15 is 0 Å². The van der Waals surface area contributed by atoms with Gasteiger partial charge in [-0.3, -0.25) is 9.59 Å². The zero-order chi connectivity index (χ0) is 23.7. The summed E-state index contributed by atoms with van der Waals surface area (Å²) in [6.45, 7) is 3.06. The van der Waals surface area contributed by atoms with Crippen molar-refractivity contribution in [3.05, 3.63) is 57.2 Å². The van der Waals surface area contributed by atoms with Crippen LogP contribution in [0.4, 0.5) is 0 Å². The molecule has 33 heavy (non-hydrogen) atoms. The maximum Gasteiger partial charge on any atom is 0.306 e. The summed E-state index contributed by atoms with van der Waals surface area (Å²) < 4.78 is 11.9. The third-order valence-corrected chi connectivity index (χ3v) is 6.34. The van der Waals surface area contributed by atoms with E-state index in [1.165, 1.54) is 6.07 Å². The summed E-state index contributed by atoms with van der Waals surface area (Å²) in [5.74, 6) is -1.11. The van der Waals surface area contributed by atoms with Gasteiger partial charge >= 0.3 is 5.97 Å². The zero-order valence-corrected chi connectivity index (χ0v) is 19.3. The Bertz CT molecular complexity index is 1250. The van der Waals surface area contributed by atoms with E-state index in [4.69, 9.17) is 20.8 Å². The standard InChI is InChI=1S/C25H26ClNO6/c1-3-6-22(31)32-21-13-27(2)10-9-15(21)23-17(28)11-18(29)24-19(30)12-20(33-25(23)24)14-7-4-5-8-16(14)26/h4-5,7-8,11-12,15,21,28-29H,3,6,9-10,13H2,1-2H3/t15-,21+/m0/s1. The number of hydrogen-bond acceptors (Lipinski definition) is 7. The minimum absolute atomic E-state index is 0.0313. The number of ether oxygens (including phenoxy) is 1. The SMILES string of the molecule is CCCC(=O)O[C@@H]1CN(C)CC[C@@H]1c1c(O)cc(O)c2c(=O)cc(-c3ccccc3Cl)oc12. The highest BCUT2D eigenvalue weighted by Gasteiger charge is 2.36. The van der Waals surface area contributed by atoms with Crippen LogP contribution in [0.3, 0.4) is 0 Å². The summed E-state index contributed by atoms with van der Waals surface area (Å²) in [6.07, 6.45) is 0.973. The Morgan fingerprint density at radius 1 is 1.24 bits per heavy atom. The topological polar surface area (TPSA) is 100 Å². The lowest BCUT2D eigenvalue weighted by Crippen LogP contribution is -2.43. The molecule has 4 rings (SSSR count). The number of phenols is 2. The van der Waals surface area contributed by atoms with Crippen molar-refractivity contribution < 1.29 is 24.2 Å². The molecule has 0 radical (unpaired) electrons. The number of phenolic OH excluding ortho intramolecular Hbond substituents is 2. The lowest BCUT2D eigenvalue weighted by Gasteiger charge is -2.36. The van der Waals surface area contributed by atoms with E-state index in [1.54, 1.807) is 24.3 Å². The van der Waals surface area contributed by atoms with Crippen LogP contribution in [0.1, 0.15) is 37.7 Å². The maximum atomic E-state index is 13.0. The molecule has 1 aliphatic rings. The number of carbonyl (C=O) groups is 1. The second-order valence-electron chi connectivity index (χ2n) is 8.42. The van der Waals surface area contributed by atoms with E-state index in [2.05, 4.69) is 0 Å². The highest BCUT2D eigenvalue weighted by atomic mass is 35.5. The number of hydrogen-bond donors (Lipinski definition) is 2. The van der Waals surface area contributed by atoms with E-state index in [0.29, 0.717) is 48.5 Å². The summed E-state index contributed by atoms with van der Waals surface area (Å²) in [6, 6.07) is 9.36. The van der Waals surface area contributed by atoms with Gasteiger partial charge < -0.3 is 24.3 Å². The van der Waals surface area contributed by atoms with E-state index in [9.17, 15) is 19.8 Å². The maximum absolute atomic E-state index is 13.0. The van der Waals surface area contributed by atoms with Crippen molar-refractivity contribution in [2.75, 3.05) is 20.1 Å². The first-order valence-corrected chi connectivity index (χ1v) is 11.3. The van der Waals surface area contributed by atoms with Gasteiger partial charge in [0.15, 0.2) is 5.43 Å². The summed E-state index contributed by atoms with van der Waals surface area (Å²) in [5.41, 5.74) is 0.468. The minimum atomic E-state index is -0.546.